The van der Waals surface area contributed by atoms with Gasteiger partial charge in [-0.05, 0) is 75.6 Å². The third kappa shape index (κ3) is 4.99. The van der Waals surface area contributed by atoms with Crippen molar-refractivity contribution >= 4 is 0 Å². The molecule has 1 N–H and O–H groups in total. The topological polar surface area (TPSA) is 12.0 Å². The molecule has 0 radical (unpaired) electrons. The normalized spacial score (nSPS) is 14.7. The summed E-state index contributed by atoms with van der Waals surface area (Å²) in [4.78, 5) is 0. The van der Waals surface area contributed by atoms with Gasteiger partial charge in [-0.25, -0.2) is 0 Å². The van der Waals surface area contributed by atoms with E-state index in [1.807, 2.05) is 0 Å². The highest BCUT2D eigenvalue weighted by molar-refractivity contribution is 5.38. The van der Waals surface area contributed by atoms with Crippen molar-refractivity contribution in [2.24, 2.45) is 5.92 Å². The fourth-order valence-electron chi connectivity index (χ4n) is 2.63. The zero-order valence-electron chi connectivity index (χ0n) is 13.8. The predicted octanol–water partition coefficient (Wildman–Crippen LogP) is 5.09. The Hall–Kier alpha value is -0.820. The van der Waals surface area contributed by atoms with Crippen LogP contribution in [0.3, 0.4) is 0 Å². The van der Waals surface area contributed by atoms with Crippen LogP contribution in [0.1, 0.15) is 68.8 Å². The van der Waals surface area contributed by atoms with Gasteiger partial charge < -0.3 is 5.32 Å². The summed E-state index contributed by atoms with van der Waals surface area (Å²) in [5.74, 6) is 0.794. The van der Waals surface area contributed by atoms with Gasteiger partial charge in [0.25, 0.3) is 0 Å². The van der Waals surface area contributed by atoms with Crippen molar-refractivity contribution in [3.05, 3.63) is 34.4 Å². The molecule has 0 aliphatic rings. The average Bonchev–Trinajstić information content (AvgIpc) is 2.31. The zero-order valence-corrected chi connectivity index (χ0v) is 13.8. The number of nitrogens with one attached hydrogen (secondary N) is 1. The minimum Gasteiger partial charge on any atom is -0.308 e. The predicted molar refractivity (Wildman–Crippen MR) is 85.7 cm³/mol. The Balaban J connectivity index is 2.67. The lowest BCUT2D eigenvalue weighted by molar-refractivity contribution is 0.416. The molecule has 108 valence electrons. The molecule has 2 atom stereocenters. The van der Waals surface area contributed by atoms with Gasteiger partial charge in [-0.1, -0.05) is 26.0 Å². The lowest BCUT2D eigenvalue weighted by Gasteiger charge is -2.23. The van der Waals surface area contributed by atoms with Crippen LogP contribution in [0.5, 0.6) is 0 Å². The highest BCUT2D eigenvalue weighted by atomic mass is 14.9. The molecule has 0 aliphatic carbocycles. The maximum Gasteiger partial charge on any atom is 0.0296 e. The van der Waals surface area contributed by atoms with Crippen LogP contribution < -0.4 is 5.32 Å². The lowest BCUT2D eigenvalue weighted by Crippen LogP contribution is -2.29. The Morgan fingerprint density at radius 2 is 1.42 bits per heavy atom. The Morgan fingerprint density at radius 3 is 2.00 bits per heavy atom. The molecule has 2 unspecified atom stereocenters. The van der Waals surface area contributed by atoms with E-state index in [4.69, 9.17) is 0 Å². The largest absolute Gasteiger partial charge is 0.308 e. The maximum absolute atomic E-state index is 3.74. The summed E-state index contributed by atoms with van der Waals surface area (Å²) in [6, 6.07) is 5.67. The van der Waals surface area contributed by atoms with Gasteiger partial charge in [-0.2, -0.15) is 0 Å². The summed E-state index contributed by atoms with van der Waals surface area (Å²) in [6.45, 7) is 15.8. The fourth-order valence-corrected chi connectivity index (χ4v) is 2.63. The summed E-state index contributed by atoms with van der Waals surface area (Å²) in [5.41, 5.74) is 5.63. The van der Waals surface area contributed by atoms with E-state index in [0.29, 0.717) is 12.1 Å². The Labute approximate surface area is 119 Å². The molecular formula is C18H31N. The molecule has 0 saturated heterocycles. The van der Waals surface area contributed by atoms with Gasteiger partial charge in [-0.15, -0.1) is 0 Å². The maximum atomic E-state index is 3.74. The van der Waals surface area contributed by atoms with Crippen LogP contribution in [0.2, 0.25) is 0 Å². The first-order valence-corrected chi connectivity index (χ1v) is 7.65. The van der Waals surface area contributed by atoms with Crippen molar-refractivity contribution < 1.29 is 0 Å². The molecule has 19 heavy (non-hydrogen) atoms. The van der Waals surface area contributed by atoms with Crippen molar-refractivity contribution in [1.82, 2.24) is 5.32 Å². The molecule has 0 heterocycles. The van der Waals surface area contributed by atoms with Crippen molar-refractivity contribution in [3.63, 3.8) is 0 Å². The molecule has 1 nitrogen and oxygen atoms in total. The van der Waals surface area contributed by atoms with E-state index in [1.54, 1.807) is 0 Å². The lowest BCUT2D eigenvalue weighted by atomic mass is 9.95. The molecule has 0 saturated carbocycles. The molecule has 0 amide bonds. The first kappa shape index (κ1) is 16.2. The molecule has 1 aromatic rings. The number of hydrogen-bond acceptors (Lipinski definition) is 1. The smallest absolute Gasteiger partial charge is 0.0296 e. The summed E-state index contributed by atoms with van der Waals surface area (Å²) < 4.78 is 0. The van der Waals surface area contributed by atoms with Crippen molar-refractivity contribution in [1.29, 1.82) is 0 Å². The van der Waals surface area contributed by atoms with Gasteiger partial charge in [-0.3, -0.25) is 0 Å². The van der Waals surface area contributed by atoms with Gasteiger partial charge in [0.15, 0.2) is 0 Å². The van der Waals surface area contributed by atoms with Gasteiger partial charge in [0.2, 0.25) is 0 Å². The molecule has 0 spiro atoms. The first-order valence-electron chi connectivity index (χ1n) is 7.65. The van der Waals surface area contributed by atoms with Crippen molar-refractivity contribution in [2.45, 2.75) is 73.4 Å². The van der Waals surface area contributed by atoms with Gasteiger partial charge >= 0.3 is 0 Å². The monoisotopic (exact) mass is 261 g/mol. The van der Waals surface area contributed by atoms with Crippen molar-refractivity contribution in [2.75, 3.05) is 0 Å². The summed E-state index contributed by atoms with van der Waals surface area (Å²) in [5, 5.41) is 3.74. The number of aryl methyl sites for hydroxylation is 3. The van der Waals surface area contributed by atoms with Gasteiger partial charge in [0.1, 0.15) is 0 Å². The van der Waals surface area contributed by atoms with E-state index in [0.717, 1.165) is 5.92 Å². The van der Waals surface area contributed by atoms with Crippen LogP contribution in [-0.2, 0) is 0 Å². The van der Waals surface area contributed by atoms with Crippen LogP contribution in [-0.4, -0.2) is 6.04 Å². The molecule has 0 bridgehead atoms. The molecule has 1 heteroatoms. The van der Waals surface area contributed by atoms with Crippen LogP contribution in [0, 0.1) is 26.7 Å². The quantitative estimate of drug-likeness (QED) is 0.752. The van der Waals surface area contributed by atoms with E-state index < -0.39 is 0 Å². The second kappa shape index (κ2) is 7.09. The molecular weight excluding hydrogens is 230 g/mol. The van der Waals surface area contributed by atoms with Gasteiger partial charge in [0.05, 0.1) is 0 Å². The molecule has 0 fully saturated rings. The highest BCUT2D eigenvalue weighted by Crippen LogP contribution is 2.22. The first-order chi connectivity index (χ1) is 8.81. The minimum atomic E-state index is 0.432. The SMILES string of the molecule is Cc1cc(C)c(C(C)NC(C)CCC(C)C)cc1C. The molecule has 1 aromatic carbocycles. The number of benzene rings is 1. The van der Waals surface area contributed by atoms with Crippen LogP contribution >= 0.6 is 0 Å². The van der Waals surface area contributed by atoms with E-state index in [-0.39, 0.29) is 0 Å². The highest BCUT2D eigenvalue weighted by Gasteiger charge is 2.13. The summed E-state index contributed by atoms with van der Waals surface area (Å²) >= 11 is 0. The second-order valence-corrected chi connectivity index (χ2v) is 6.55. The van der Waals surface area contributed by atoms with Crippen LogP contribution in [0.4, 0.5) is 0 Å². The number of hydrogen-bond donors (Lipinski definition) is 1. The third-order valence-electron chi connectivity index (χ3n) is 4.06. The molecule has 0 aliphatic heterocycles. The standard InChI is InChI=1S/C18H31N/c1-12(2)8-9-16(6)19-17(7)18-11-14(4)13(3)10-15(18)5/h10-12,16-17,19H,8-9H2,1-7H3. The van der Waals surface area contributed by atoms with E-state index in [1.165, 1.54) is 35.1 Å². The summed E-state index contributed by atoms with van der Waals surface area (Å²) in [7, 11) is 0. The molecule has 0 aromatic heterocycles. The fraction of sp³-hybridized carbons (Fsp3) is 0.667. The minimum absolute atomic E-state index is 0.432. The zero-order chi connectivity index (χ0) is 14.6. The van der Waals surface area contributed by atoms with E-state index >= 15 is 0 Å². The van der Waals surface area contributed by atoms with E-state index in [9.17, 15) is 0 Å². The summed E-state index contributed by atoms with van der Waals surface area (Å²) in [6.07, 6.45) is 2.55. The molecule has 1 rings (SSSR count). The van der Waals surface area contributed by atoms with Crippen molar-refractivity contribution in [3.8, 4) is 0 Å². The Kier molecular flexibility index (Phi) is 6.06. The van der Waals surface area contributed by atoms with Crippen LogP contribution in [0.25, 0.3) is 0 Å². The van der Waals surface area contributed by atoms with Gasteiger partial charge in [0, 0.05) is 12.1 Å². The third-order valence-corrected chi connectivity index (χ3v) is 4.06. The number of rotatable bonds is 6. The Bertz CT molecular complexity index is 406. The Morgan fingerprint density at radius 1 is 0.842 bits per heavy atom. The second-order valence-electron chi connectivity index (χ2n) is 6.55. The average molecular weight is 261 g/mol. The van der Waals surface area contributed by atoms with Crippen LogP contribution in [0.15, 0.2) is 12.1 Å². The van der Waals surface area contributed by atoms with E-state index in [2.05, 4.69) is 65.9 Å².